The highest BCUT2D eigenvalue weighted by molar-refractivity contribution is 5.90. The molecule has 0 radical (unpaired) electrons. The third-order valence-corrected chi connectivity index (χ3v) is 1.14. The third kappa shape index (κ3) is 4.62. The molecule has 0 fully saturated rings. The van der Waals surface area contributed by atoms with Gasteiger partial charge in [0.1, 0.15) is 6.04 Å². The number of hydrogen-bond donors (Lipinski definition) is 2. The second-order valence-corrected chi connectivity index (χ2v) is 2.28. The molecule has 0 rings (SSSR count). The van der Waals surface area contributed by atoms with Gasteiger partial charge in [0.2, 0.25) is 5.91 Å². The average molecular weight is 188 g/mol. The number of hydrogen-bond acceptors (Lipinski definition) is 4. The van der Waals surface area contributed by atoms with Gasteiger partial charge >= 0.3 is 11.9 Å². The highest BCUT2D eigenvalue weighted by Crippen LogP contribution is 1.95. The Morgan fingerprint density at radius 2 is 2.00 bits per heavy atom. The van der Waals surface area contributed by atoms with Gasteiger partial charge in [0, 0.05) is 12.1 Å². The Kier molecular flexibility index (Phi) is 4.28. The fourth-order valence-electron chi connectivity index (χ4n) is 0.684. The number of amides is 2. The van der Waals surface area contributed by atoms with E-state index in [0.717, 1.165) is 6.92 Å². The fourth-order valence-corrected chi connectivity index (χ4v) is 0.684. The maximum absolute atomic E-state index is 10.6. The molecule has 7 heteroatoms. The van der Waals surface area contributed by atoms with Crippen LogP contribution in [-0.4, -0.2) is 28.9 Å². The molecule has 0 aliphatic heterocycles. The van der Waals surface area contributed by atoms with Crippen molar-refractivity contribution in [2.24, 2.45) is 5.18 Å². The first kappa shape index (κ1) is 11.2. The first-order valence-electron chi connectivity index (χ1n) is 3.33. The Morgan fingerprint density at radius 3 is 2.31 bits per heavy atom. The molecule has 0 saturated carbocycles. The van der Waals surface area contributed by atoms with Crippen LogP contribution in [0.4, 0.5) is 0 Å². The molecular weight excluding hydrogens is 180 g/mol. The van der Waals surface area contributed by atoms with Crippen LogP contribution in [0.15, 0.2) is 5.18 Å². The SMILES string of the molecule is CC(=O)N[C@@H](CC(=O)O)C(=O)N=O. The minimum atomic E-state index is -1.37. The quantitative estimate of drug-likeness (QED) is 0.564. The second-order valence-electron chi connectivity index (χ2n) is 2.28. The number of nitroso groups, excluding NO2 is 1. The monoisotopic (exact) mass is 188 g/mol. The zero-order chi connectivity index (χ0) is 10.4. The van der Waals surface area contributed by atoms with Crippen LogP contribution in [0.2, 0.25) is 0 Å². The van der Waals surface area contributed by atoms with Crippen molar-refractivity contribution < 1.29 is 19.5 Å². The first-order chi connectivity index (χ1) is 5.97. The molecule has 0 saturated heterocycles. The molecule has 0 heterocycles. The van der Waals surface area contributed by atoms with E-state index in [1.165, 1.54) is 0 Å². The van der Waals surface area contributed by atoms with Crippen LogP contribution in [0, 0.1) is 4.91 Å². The summed E-state index contributed by atoms with van der Waals surface area (Å²) in [4.78, 5) is 41.0. The molecule has 0 aromatic heterocycles. The molecule has 0 aromatic rings. The van der Waals surface area contributed by atoms with Gasteiger partial charge in [-0.3, -0.25) is 14.4 Å². The van der Waals surface area contributed by atoms with Crippen molar-refractivity contribution in [2.45, 2.75) is 19.4 Å². The molecule has 0 unspecified atom stereocenters. The summed E-state index contributed by atoms with van der Waals surface area (Å²) in [6.45, 7) is 1.10. The topological polar surface area (TPSA) is 113 Å². The Labute approximate surface area is 73.1 Å². The van der Waals surface area contributed by atoms with Crippen LogP contribution in [0.1, 0.15) is 13.3 Å². The predicted octanol–water partition coefficient (Wildman–Crippen LogP) is -0.741. The number of nitrogens with one attached hydrogen (secondary N) is 1. The minimum Gasteiger partial charge on any atom is -0.481 e. The minimum absolute atomic E-state index is 0.594. The van der Waals surface area contributed by atoms with Crippen LogP contribution >= 0.6 is 0 Å². The van der Waals surface area contributed by atoms with E-state index in [1.807, 2.05) is 10.5 Å². The lowest BCUT2D eigenvalue weighted by atomic mass is 10.2. The Balaban J connectivity index is 4.35. The van der Waals surface area contributed by atoms with Crippen LogP contribution in [-0.2, 0) is 14.4 Å². The highest BCUT2D eigenvalue weighted by Gasteiger charge is 2.22. The van der Waals surface area contributed by atoms with Gasteiger partial charge in [0.15, 0.2) is 0 Å². The van der Waals surface area contributed by atoms with Gasteiger partial charge in [-0.1, -0.05) is 0 Å². The zero-order valence-corrected chi connectivity index (χ0v) is 6.81. The first-order valence-corrected chi connectivity index (χ1v) is 3.33. The van der Waals surface area contributed by atoms with Gasteiger partial charge in [-0.05, 0) is 0 Å². The molecule has 0 aliphatic rings. The molecule has 0 aromatic carbocycles. The van der Waals surface area contributed by atoms with Crippen molar-refractivity contribution >= 4 is 17.8 Å². The van der Waals surface area contributed by atoms with Crippen molar-refractivity contribution in [2.75, 3.05) is 0 Å². The molecule has 2 amide bonds. The number of aliphatic carboxylic acids is 1. The lowest BCUT2D eigenvalue weighted by molar-refractivity contribution is -0.139. The van der Waals surface area contributed by atoms with E-state index < -0.39 is 30.2 Å². The number of carboxylic acid groups (broad SMARTS) is 1. The van der Waals surface area contributed by atoms with Gasteiger partial charge in [0.25, 0.3) is 0 Å². The van der Waals surface area contributed by atoms with Crippen LogP contribution in [0.3, 0.4) is 0 Å². The third-order valence-electron chi connectivity index (χ3n) is 1.14. The van der Waals surface area contributed by atoms with E-state index in [1.54, 1.807) is 0 Å². The number of carbonyl (C=O) groups is 3. The van der Waals surface area contributed by atoms with Crippen molar-refractivity contribution in [1.29, 1.82) is 0 Å². The maximum atomic E-state index is 10.6. The molecule has 0 spiro atoms. The maximum Gasteiger partial charge on any atom is 0.309 e. The summed E-state index contributed by atoms with van der Waals surface area (Å²) in [7, 11) is 0. The summed E-state index contributed by atoms with van der Waals surface area (Å²) in [5, 5.41) is 12.3. The van der Waals surface area contributed by atoms with E-state index in [-0.39, 0.29) is 0 Å². The molecule has 72 valence electrons. The predicted molar refractivity (Wildman–Crippen MR) is 40.7 cm³/mol. The van der Waals surface area contributed by atoms with Gasteiger partial charge in [0.05, 0.1) is 6.42 Å². The number of carboxylic acids is 1. The lowest BCUT2D eigenvalue weighted by Crippen LogP contribution is -2.40. The molecule has 0 aliphatic carbocycles. The van der Waals surface area contributed by atoms with Crippen molar-refractivity contribution in [3.8, 4) is 0 Å². The van der Waals surface area contributed by atoms with Crippen molar-refractivity contribution in [1.82, 2.24) is 5.32 Å². The van der Waals surface area contributed by atoms with E-state index >= 15 is 0 Å². The van der Waals surface area contributed by atoms with E-state index in [4.69, 9.17) is 5.11 Å². The van der Waals surface area contributed by atoms with E-state index in [2.05, 4.69) is 0 Å². The van der Waals surface area contributed by atoms with Crippen LogP contribution in [0.5, 0.6) is 0 Å². The second kappa shape index (κ2) is 4.96. The van der Waals surface area contributed by atoms with Gasteiger partial charge in [-0.2, -0.15) is 0 Å². The normalized spacial score (nSPS) is 11.5. The van der Waals surface area contributed by atoms with Crippen LogP contribution < -0.4 is 5.32 Å². The summed E-state index contributed by atoms with van der Waals surface area (Å²) in [5.74, 6) is -3.09. The molecule has 0 bridgehead atoms. The molecular formula is C6H8N2O5. The smallest absolute Gasteiger partial charge is 0.309 e. The summed E-state index contributed by atoms with van der Waals surface area (Å²) in [6, 6.07) is -1.37. The molecule has 13 heavy (non-hydrogen) atoms. The number of nitrogens with zero attached hydrogens (tertiary/aromatic N) is 1. The Morgan fingerprint density at radius 1 is 1.46 bits per heavy atom. The van der Waals surface area contributed by atoms with Gasteiger partial charge in [-0.25, -0.2) is 0 Å². The summed E-state index contributed by atoms with van der Waals surface area (Å²) in [6.07, 6.45) is -0.649. The zero-order valence-electron chi connectivity index (χ0n) is 6.81. The van der Waals surface area contributed by atoms with E-state index in [9.17, 15) is 19.3 Å². The Hall–Kier alpha value is -1.79. The van der Waals surface area contributed by atoms with Crippen LogP contribution in [0.25, 0.3) is 0 Å². The summed E-state index contributed by atoms with van der Waals surface area (Å²) >= 11 is 0. The molecule has 1 atom stereocenters. The van der Waals surface area contributed by atoms with Gasteiger partial charge < -0.3 is 10.4 Å². The summed E-state index contributed by atoms with van der Waals surface area (Å²) in [5.41, 5.74) is 0. The van der Waals surface area contributed by atoms with Crippen molar-refractivity contribution in [3.05, 3.63) is 4.91 Å². The largest absolute Gasteiger partial charge is 0.481 e. The van der Waals surface area contributed by atoms with E-state index in [0.29, 0.717) is 0 Å². The van der Waals surface area contributed by atoms with Gasteiger partial charge in [-0.15, -0.1) is 4.91 Å². The Bertz CT molecular complexity index is 233. The molecule has 2 N–H and O–H groups in total. The fraction of sp³-hybridized carbons (Fsp3) is 0.500. The summed E-state index contributed by atoms with van der Waals surface area (Å²) < 4.78 is 0. The lowest BCUT2D eigenvalue weighted by Gasteiger charge is -2.09. The highest BCUT2D eigenvalue weighted by atomic mass is 16.4. The van der Waals surface area contributed by atoms with Crippen molar-refractivity contribution in [3.63, 3.8) is 0 Å². The number of carbonyl (C=O) groups excluding carboxylic acids is 2. The molecule has 7 nitrogen and oxygen atoms in total. The standard InChI is InChI=1S/C6H8N2O5/c1-3(9)7-4(2-5(10)11)6(12)8-13/h4H,2H2,1H3,(H,7,9)(H,10,11)/t4-/m0/s1. The average Bonchev–Trinajstić information content (AvgIpc) is 2.00. The number of rotatable bonds is 4.